The van der Waals surface area contributed by atoms with Gasteiger partial charge in [-0.3, -0.25) is 9.59 Å². The van der Waals surface area contributed by atoms with Crippen molar-refractivity contribution in [1.82, 2.24) is 5.32 Å². The van der Waals surface area contributed by atoms with E-state index in [1.54, 1.807) is 0 Å². The highest BCUT2D eigenvalue weighted by molar-refractivity contribution is 5.87. The highest BCUT2D eigenvalue weighted by Gasteiger charge is 2.33. The fourth-order valence-electron chi connectivity index (χ4n) is 2.59. The number of nitrogens with one attached hydrogen (secondary N) is 1. The van der Waals surface area contributed by atoms with Crippen LogP contribution < -0.4 is 5.32 Å². The topological polar surface area (TPSA) is 66.4 Å². The molecular weight excluding hydrogens is 218 g/mol. The van der Waals surface area contributed by atoms with Crippen LogP contribution in [0.3, 0.4) is 0 Å². The number of hydrogen-bond acceptors (Lipinski definition) is 2. The maximum Gasteiger partial charge on any atom is 0.325 e. The van der Waals surface area contributed by atoms with Crippen molar-refractivity contribution in [2.24, 2.45) is 5.92 Å². The molecule has 0 aromatic heterocycles. The molecule has 0 aliphatic heterocycles. The van der Waals surface area contributed by atoms with E-state index in [1.807, 2.05) is 6.92 Å². The van der Waals surface area contributed by atoms with Crippen LogP contribution in [0.25, 0.3) is 0 Å². The van der Waals surface area contributed by atoms with Gasteiger partial charge < -0.3 is 10.4 Å². The van der Waals surface area contributed by atoms with Gasteiger partial charge in [0.2, 0.25) is 5.91 Å². The van der Waals surface area contributed by atoms with Gasteiger partial charge in [0.15, 0.2) is 0 Å². The van der Waals surface area contributed by atoms with Crippen LogP contribution in [-0.4, -0.2) is 23.0 Å². The average molecular weight is 235 g/mol. The predicted molar refractivity (Wildman–Crippen MR) is 63.4 cm³/mol. The Morgan fingerprint density at radius 1 is 1.47 bits per heavy atom. The molecule has 0 radical (unpaired) electrons. The molecule has 0 aromatic rings. The highest BCUT2D eigenvalue weighted by atomic mass is 16.4. The lowest BCUT2D eigenvalue weighted by Crippen LogP contribution is -2.43. The Hall–Kier alpha value is -1.58. The Balaban J connectivity index is 2.08. The Bertz CT molecular complexity index is 434. The molecule has 2 bridgehead atoms. The zero-order valence-electron chi connectivity index (χ0n) is 10.1. The molecule has 4 nitrogen and oxygen atoms in total. The summed E-state index contributed by atoms with van der Waals surface area (Å²) in [5.74, 6) is -1.30. The first kappa shape index (κ1) is 11.9. The number of carboxylic acids is 1. The molecule has 3 aliphatic carbocycles. The van der Waals surface area contributed by atoms with Crippen LogP contribution in [0.1, 0.15) is 33.1 Å². The van der Waals surface area contributed by atoms with Gasteiger partial charge in [-0.15, -0.1) is 0 Å². The third kappa shape index (κ3) is 2.25. The molecule has 3 aliphatic rings. The van der Waals surface area contributed by atoms with Crippen molar-refractivity contribution in [2.45, 2.75) is 39.2 Å². The standard InChI is InChI=1S/C13H17NO3/c1-7-5-9-3-4-10(7)11(6-9)12(15)14-8(2)13(16)17/h5,8,11H,3-4,6H2,1-2H3,(H,14,15)(H,16,17)/t8-,11+/m0/s1. The quantitative estimate of drug-likeness (QED) is 0.781. The van der Waals surface area contributed by atoms with Gasteiger partial charge in [0.05, 0.1) is 5.92 Å². The second-order valence-electron chi connectivity index (χ2n) is 4.84. The van der Waals surface area contributed by atoms with Gasteiger partial charge in [0, 0.05) is 0 Å². The summed E-state index contributed by atoms with van der Waals surface area (Å²) < 4.78 is 0. The fourth-order valence-corrected chi connectivity index (χ4v) is 2.59. The molecule has 17 heavy (non-hydrogen) atoms. The summed E-state index contributed by atoms with van der Waals surface area (Å²) in [6.45, 7) is 3.51. The van der Waals surface area contributed by atoms with Gasteiger partial charge in [-0.05, 0) is 33.1 Å². The van der Waals surface area contributed by atoms with Gasteiger partial charge in [0.25, 0.3) is 0 Å². The van der Waals surface area contributed by atoms with Crippen molar-refractivity contribution >= 4 is 11.9 Å². The lowest BCUT2D eigenvalue weighted by Gasteiger charge is -2.32. The number of amides is 1. The minimum Gasteiger partial charge on any atom is -0.480 e. The first-order valence-corrected chi connectivity index (χ1v) is 5.91. The van der Waals surface area contributed by atoms with Gasteiger partial charge in [0.1, 0.15) is 6.04 Å². The minimum absolute atomic E-state index is 0.148. The maximum absolute atomic E-state index is 12.0. The summed E-state index contributed by atoms with van der Waals surface area (Å²) in [5.41, 5.74) is 3.66. The van der Waals surface area contributed by atoms with E-state index in [4.69, 9.17) is 5.11 Å². The van der Waals surface area contributed by atoms with Crippen molar-refractivity contribution in [1.29, 1.82) is 0 Å². The minimum atomic E-state index is -0.996. The molecule has 0 heterocycles. The zero-order valence-corrected chi connectivity index (χ0v) is 10.1. The summed E-state index contributed by atoms with van der Waals surface area (Å²) in [6.07, 6.45) is 4.90. The smallest absolute Gasteiger partial charge is 0.325 e. The van der Waals surface area contributed by atoms with Crippen molar-refractivity contribution in [2.75, 3.05) is 0 Å². The summed E-state index contributed by atoms with van der Waals surface area (Å²) in [5, 5.41) is 11.3. The molecule has 0 unspecified atom stereocenters. The van der Waals surface area contributed by atoms with Crippen molar-refractivity contribution in [3.63, 3.8) is 0 Å². The van der Waals surface area contributed by atoms with Crippen molar-refractivity contribution in [3.05, 3.63) is 22.8 Å². The number of carboxylic acid groups (broad SMARTS) is 1. The van der Waals surface area contributed by atoms with E-state index in [0.29, 0.717) is 0 Å². The van der Waals surface area contributed by atoms with E-state index in [1.165, 1.54) is 23.6 Å². The largest absolute Gasteiger partial charge is 0.480 e. The van der Waals surface area contributed by atoms with Crippen LogP contribution in [0.5, 0.6) is 0 Å². The van der Waals surface area contributed by atoms with Crippen LogP contribution in [0.2, 0.25) is 0 Å². The second kappa shape index (κ2) is 4.35. The summed E-state index contributed by atoms with van der Waals surface area (Å²) in [7, 11) is 0. The predicted octanol–water partition coefficient (Wildman–Crippen LogP) is 1.63. The van der Waals surface area contributed by atoms with Crippen LogP contribution in [-0.2, 0) is 9.59 Å². The molecule has 2 N–H and O–H groups in total. The molecule has 4 heteroatoms. The van der Waals surface area contributed by atoms with E-state index in [2.05, 4.69) is 11.4 Å². The highest BCUT2D eigenvalue weighted by Crippen LogP contribution is 2.40. The number of fused-ring (bicyclic) bond motifs is 3. The lowest BCUT2D eigenvalue weighted by atomic mass is 9.73. The van der Waals surface area contributed by atoms with Gasteiger partial charge >= 0.3 is 5.97 Å². The van der Waals surface area contributed by atoms with Crippen LogP contribution in [0.15, 0.2) is 22.8 Å². The van der Waals surface area contributed by atoms with Crippen molar-refractivity contribution in [3.8, 4) is 0 Å². The van der Waals surface area contributed by atoms with Gasteiger partial charge in [-0.1, -0.05) is 22.8 Å². The number of aliphatic carboxylic acids is 1. The van der Waals surface area contributed by atoms with E-state index >= 15 is 0 Å². The zero-order chi connectivity index (χ0) is 12.6. The first-order chi connectivity index (χ1) is 7.99. The Labute approximate surface area is 100 Å². The number of carbonyl (C=O) groups excluding carboxylic acids is 1. The number of rotatable bonds is 3. The van der Waals surface area contributed by atoms with Gasteiger partial charge in [-0.2, -0.15) is 0 Å². The normalized spacial score (nSPS) is 24.4. The Kier molecular flexibility index (Phi) is 3.05. The lowest BCUT2D eigenvalue weighted by molar-refractivity contribution is -0.141. The second-order valence-corrected chi connectivity index (χ2v) is 4.84. The molecule has 0 aromatic carbocycles. The molecule has 92 valence electrons. The summed E-state index contributed by atoms with van der Waals surface area (Å²) in [4.78, 5) is 22.7. The molecule has 0 spiro atoms. The molecular formula is C13H17NO3. The molecule has 1 fully saturated rings. The Morgan fingerprint density at radius 2 is 2.18 bits per heavy atom. The van der Waals surface area contributed by atoms with Crippen LogP contribution in [0, 0.1) is 5.92 Å². The first-order valence-electron chi connectivity index (χ1n) is 5.91. The number of allylic oxidation sites excluding steroid dienone is 3. The third-order valence-electron chi connectivity index (χ3n) is 3.58. The summed E-state index contributed by atoms with van der Waals surface area (Å²) >= 11 is 0. The molecule has 1 saturated carbocycles. The molecule has 2 atom stereocenters. The molecule has 1 amide bonds. The van der Waals surface area contributed by atoms with Gasteiger partial charge in [-0.25, -0.2) is 0 Å². The third-order valence-corrected chi connectivity index (χ3v) is 3.58. The van der Waals surface area contributed by atoms with E-state index in [9.17, 15) is 9.59 Å². The maximum atomic E-state index is 12.0. The Morgan fingerprint density at radius 3 is 2.71 bits per heavy atom. The van der Waals surface area contributed by atoms with E-state index in [-0.39, 0.29) is 11.8 Å². The molecule has 3 rings (SSSR count). The SMILES string of the molecule is CC1=C2CCC(=C1)C[C@H]2C(=O)N[C@@H](C)C(=O)O. The molecule has 0 saturated heterocycles. The monoisotopic (exact) mass is 235 g/mol. The number of carbonyl (C=O) groups is 2. The van der Waals surface area contributed by atoms with E-state index < -0.39 is 12.0 Å². The number of hydrogen-bond donors (Lipinski definition) is 2. The van der Waals surface area contributed by atoms with Crippen molar-refractivity contribution < 1.29 is 14.7 Å². The van der Waals surface area contributed by atoms with Crippen LogP contribution in [0.4, 0.5) is 0 Å². The van der Waals surface area contributed by atoms with E-state index in [0.717, 1.165) is 19.3 Å². The van der Waals surface area contributed by atoms with Crippen LogP contribution >= 0.6 is 0 Å². The average Bonchev–Trinajstić information content (AvgIpc) is 2.28. The fraction of sp³-hybridized carbons (Fsp3) is 0.538. The summed E-state index contributed by atoms with van der Waals surface area (Å²) in [6, 6.07) is -0.821.